The highest BCUT2D eigenvalue weighted by Gasteiger charge is 2.03. The molecule has 0 spiro atoms. The first kappa shape index (κ1) is 15.6. The van der Waals surface area contributed by atoms with E-state index >= 15 is 0 Å². The van der Waals surface area contributed by atoms with Gasteiger partial charge in [0, 0.05) is 22.8 Å². The molecule has 0 heterocycles. The van der Waals surface area contributed by atoms with E-state index in [1.807, 2.05) is 31.2 Å². The van der Waals surface area contributed by atoms with Crippen molar-refractivity contribution in [2.45, 2.75) is 6.92 Å². The van der Waals surface area contributed by atoms with Crippen molar-refractivity contribution < 1.29 is 13.9 Å². The molecule has 0 aliphatic heterocycles. The molecule has 112 valence electrons. The van der Waals surface area contributed by atoms with Crippen LogP contribution in [-0.2, 0) is 0 Å². The highest BCUT2D eigenvalue weighted by atomic mass is 79.9. The SMILES string of the molecule is CCOc1ccc(NCCOc2cccc(Br)c2)cc1F. The van der Waals surface area contributed by atoms with Crippen LogP contribution in [0.25, 0.3) is 0 Å². The summed E-state index contributed by atoms with van der Waals surface area (Å²) < 4.78 is 25.4. The Morgan fingerprint density at radius 3 is 2.71 bits per heavy atom. The molecular formula is C16H17BrFNO2. The van der Waals surface area contributed by atoms with Crippen molar-refractivity contribution in [3.05, 3.63) is 52.8 Å². The molecule has 0 aliphatic rings. The third kappa shape index (κ3) is 4.93. The predicted octanol–water partition coefficient (Wildman–Crippen LogP) is 4.48. The number of halogens is 2. The van der Waals surface area contributed by atoms with Gasteiger partial charge in [0.15, 0.2) is 11.6 Å². The second-order valence-electron chi connectivity index (χ2n) is 4.31. The Labute approximate surface area is 132 Å². The fraction of sp³-hybridized carbons (Fsp3) is 0.250. The van der Waals surface area contributed by atoms with Crippen LogP contribution in [0.5, 0.6) is 11.5 Å². The van der Waals surface area contributed by atoms with Gasteiger partial charge in [0.2, 0.25) is 0 Å². The van der Waals surface area contributed by atoms with Gasteiger partial charge in [0.1, 0.15) is 12.4 Å². The predicted molar refractivity (Wildman–Crippen MR) is 85.7 cm³/mol. The molecule has 0 saturated carbocycles. The van der Waals surface area contributed by atoms with Crippen LogP contribution in [0.3, 0.4) is 0 Å². The molecule has 3 nitrogen and oxygen atoms in total. The number of hydrogen-bond donors (Lipinski definition) is 1. The summed E-state index contributed by atoms with van der Waals surface area (Å²) >= 11 is 3.39. The first-order valence-electron chi connectivity index (χ1n) is 6.73. The summed E-state index contributed by atoms with van der Waals surface area (Å²) in [5, 5.41) is 3.11. The molecule has 0 atom stereocenters. The van der Waals surface area contributed by atoms with Crippen molar-refractivity contribution in [1.82, 2.24) is 0 Å². The molecule has 0 aliphatic carbocycles. The van der Waals surface area contributed by atoms with Crippen molar-refractivity contribution in [3.8, 4) is 11.5 Å². The Hall–Kier alpha value is -1.75. The van der Waals surface area contributed by atoms with E-state index in [0.29, 0.717) is 25.4 Å². The van der Waals surface area contributed by atoms with Crippen LogP contribution in [0, 0.1) is 5.82 Å². The average Bonchev–Trinajstić information content (AvgIpc) is 2.47. The standard InChI is InChI=1S/C16H17BrFNO2/c1-2-20-16-7-6-13(11-15(16)18)19-8-9-21-14-5-3-4-12(17)10-14/h3-7,10-11,19H,2,8-9H2,1H3. The Morgan fingerprint density at radius 2 is 2.00 bits per heavy atom. The normalized spacial score (nSPS) is 10.2. The second kappa shape index (κ2) is 7.88. The molecule has 5 heteroatoms. The van der Waals surface area contributed by atoms with Gasteiger partial charge < -0.3 is 14.8 Å². The molecule has 0 fully saturated rings. The van der Waals surface area contributed by atoms with Gasteiger partial charge in [-0.25, -0.2) is 4.39 Å². The maximum absolute atomic E-state index is 13.7. The van der Waals surface area contributed by atoms with Crippen LogP contribution >= 0.6 is 15.9 Å². The summed E-state index contributed by atoms with van der Waals surface area (Å²) in [6.07, 6.45) is 0. The fourth-order valence-corrected chi connectivity index (χ4v) is 2.18. The lowest BCUT2D eigenvalue weighted by molar-refractivity contribution is 0.321. The smallest absolute Gasteiger partial charge is 0.167 e. The minimum absolute atomic E-state index is 0.272. The monoisotopic (exact) mass is 353 g/mol. The number of anilines is 1. The van der Waals surface area contributed by atoms with E-state index in [1.54, 1.807) is 12.1 Å². The fourth-order valence-electron chi connectivity index (χ4n) is 1.80. The van der Waals surface area contributed by atoms with Gasteiger partial charge >= 0.3 is 0 Å². The summed E-state index contributed by atoms with van der Waals surface area (Å²) in [6, 6.07) is 12.5. The van der Waals surface area contributed by atoms with E-state index in [2.05, 4.69) is 21.2 Å². The van der Waals surface area contributed by atoms with Crippen molar-refractivity contribution in [2.24, 2.45) is 0 Å². The maximum atomic E-state index is 13.7. The summed E-state index contributed by atoms with van der Waals surface area (Å²) in [7, 11) is 0. The third-order valence-electron chi connectivity index (χ3n) is 2.73. The molecule has 0 aromatic heterocycles. The molecule has 2 rings (SSSR count). The summed E-state index contributed by atoms with van der Waals surface area (Å²) in [6.45, 7) is 3.35. The topological polar surface area (TPSA) is 30.5 Å². The number of ether oxygens (including phenoxy) is 2. The van der Waals surface area contributed by atoms with Crippen LogP contribution in [0.4, 0.5) is 10.1 Å². The number of nitrogens with one attached hydrogen (secondary N) is 1. The molecule has 0 amide bonds. The van der Waals surface area contributed by atoms with Gasteiger partial charge in [-0.1, -0.05) is 22.0 Å². The summed E-state index contributed by atoms with van der Waals surface area (Å²) in [5.74, 6) is 0.701. The minimum Gasteiger partial charge on any atom is -0.492 e. The lowest BCUT2D eigenvalue weighted by Gasteiger charge is -2.10. The highest BCUT2D eigenvalue weighted by molar-refractivity contribution is 9.10. The van der Waals surface area contributed by atoms with Crippen molar-refractivity contribution in [1.29, 1.82) is 0 Å². The van der Waals surface area contributed by atoms with Gasteiger partial charge in [-0.05, 0) is 37.3 Å². The largest absolute Gasteiger partial charge is 0.492 e. The van der Waals surface area contributed by atoms with Crippen LogP contribution in [0.1, 0.15) is 6.92 Å². The first-order valence-corrected chi connectivity index (χ1v) is 7.53. The Bertz CT molecular complexity index is 592. The molecule has 0 bridgehead atoms. The molecule has 2 aromatic rings. The quantitative estimate of drug-likeness (QED) is 0.744. The summed E-state index contributed by atoms with van der Waals surface area (Å²) in [4.78, 5) is 0. The molecule has 2 aromatic carbocycles. The molecule has 21 heavy (non-hydrogen) atoms. The zero-order chi connectivity index (χ0) is 15.1. The van der Waals surface area contributed by atoms with Crippen LogP contribution < -0.4 is 14.8 Å². The van der Waals surface area contributed by atoms with Crippen LogP contribution in [0.2, 0.25) is 0 Å². The van der Waals surface area contributed by atoms with E-state index < -0.39 is 0 Å². The lowest BCUT2D eigenvalue weighted by Crippen LogP contribution is -2.11. The minimum atomic E-state index is -0.366. The molecule has 0 radical (unpaired) electrons. The summed E-state index contributed by atoms with van der Waals surface area (Å²) in [5.41, 5.74) is 0.703. The van der Waals surface area contributed by atoms with E-state index in [4.69, 9.17) is 9.47 Å². The second-order valence-corrected chi connectivity index (χ2v) is 5.23. The number of benzene rings is 2. The van der Waals surface area contributed by atoms with Gasteiger partial charge in [-0.3, -0.25) is 0 Å². The lowest BCUT2D eigenvalue weighted by atomic mass is 10.3. The average molecular weight is 354 g/mol. The van der Waals surface area contributed by atoms with Crippen LogP contribution in [0.15, 0.2) is 46.9 Å². The number of hydrogen-bond acceptors (Lipinski definition) is 3. The van der Waals surface area contributed by atoms with Gasteiger partial charge in [-0.15, -0.1) is 0 Å². The van der Waals surface area contributed by atoms with Crippen LogP contribution in [-0.4, -0.2) is 19.8 Å². The Kier molecular flexibility index (Phi) is 5.87. The van der Waals surface area contributed by atoms with Crippen molar-refractivity contribution in [3.63, 3.8) is 0 Å². The Balaban J connectivity index is 1.79. The van der Waals surface area contributed by atoms with Crippen molar-refractivity contribution in [2.75, 3.05) is 25.1 Å². The maximum Gasteiger partial charge on any atom is 0.167 e. The molecule has 1 N–H and O–H groups in total. The molecular weight excluding hydrogens is 337 g/mol. The van der Waals surface area contributed by atoms with Gasteiger partial charge in [0.25, 0.3) is 0 Å². The van der Waals surface area contributed by atoms with E-state index in [9.17, 15) is 4.39 Å². The molecule has 0 unspecified atom stereocenters. The molecule has 0 saturated heterocycles. The third-order valence-corrected chi connectivity index (χ3v) is 3.22. The van der Waals surface area contributed by atoms with E-state index in [1.165, 1.54) is 6.07 Å². The van der Waals surface area contributed by atoms with Gasteiger partial charge in [-0.2, -0.15) is 0 Å². The number of rotatable bonds is 7. The van der Waals surface area contributed by atoms with Crippen molar-refractivity contribution >= 4 is 21.6 Å². The van der Waals surface area contributed by atoms with E-state index in [-0.39, 0.29) is 11.6 Å². The Morgan fingerprint density at radius 1 is 1.14 bits per heavy atom. The van der Waals surface area contributed by atoms with E-state index in [0.717, 1.165) is 10.2 Å². The zero-order valence-corrected chi connectivity index (χ0v) is 13.3. The van der Waals surface area contributed by atoms with Gasteiger partial charge in [0.05, 0.1) is 6.61 Å². The highest BCUT2D eigenvalue weighted by Crippen LogP contribution is 2.21. The first-order chi connectivity index (χ1) is 10.2. The zero-order valence-electron chi connectivity index (χ0n) is 11.7.